The number of hydrogen-bond donors (Lipinski definition) is 2. The molecule has 2 aromatic rings. The van der Waals surface area contributed by atoms with Gasteiger partial charge in [-0.15, -0.1) is 4.36 Å². The maximum atomic E-state index is 13.7. The molecule has 1 fully saturated rings. The highest BCUT2D eigenvalue weighted by Crippen LogP contribution is 2.38. The smallest absolute Gasteiger partial charge is 0.305 e. The normalized spacial score (nSPS) is 24.3. The van der Waals surface area contributed by atoms with Gasteiger partial charge in [-0.3, -0.25) is 9.52 Å². The highest BCUT2D eigenvalue weighted by molar-refractivity contribution is 7.93. The van der Waals surface area contributed by atoms with Crippen LogP contribution in [0.5, 0.6) is 0 Å². The average molecular weight is 438 g/mol. The van der Waals surface area contributed by atoms with Crippen LogP contribution in [0.15, 0.2) is 40.8 Å². The Morgan fingerprint density at radius 1 is 1.03 bits per heavy atom. The molecule has 3 amide bonds. The molecule has 7 heteroatoms. The molecule has 2 atom stereocenters. The summed E-state index contributed by atoms with van der Waals surface area (Å²) >= 11 is 0. The summed E-state index contributed by atoms with van der Waals surface area (Å²) in [6.07, 6.45) is 7.39. The number of aryl methyl sites for hydroxylation is 2. The number of amides is 3. The zero-order valence-corrected chi connectivity index (χ0v) is 18.3. The number of nitrogens with one attached hydrogen (secondary N) is 2. The van der Waals surface area contributed by atoms with E-state index in [0.29, 0.717) is 19.3 Å². The van der Waals surface area contributed by atoms with Gasteiger partial charge in [-0.25, -0.2) is 9.00 Å². The van der Waals surface area contributed by atoms with Gasteiger partial charge in [0.1, 0.15) is 9.92 Å². The topological polar surface area (TPSA) is 87.6 Å². The first-order valence-electron chi connectivity index (χ1n) is 11.1. The van der Waals surface area contributed by atoms with Crippen molar-refractivity contribution >= 4 is 27.5 Å². The molecule has 1 heterocycles. The number of hydrogen-bond acceptors (Lipinski definition) is 3. The third kappa shape index (κ3) is 3.99. The zero-order chi connectivity index (χ0) is 21.4. The number of urea groups is 1. The van der Waals surface area contributed by atoms with Crippen LogP contribution in [0.25, 0.3) is 0 Å². The molecule has 2 N–H and O–H groups in total. The average Bonchev–Trinajstić information content (AvgIpc) is 3.40. The van der Waals surface area contributed by atoms with Crippen LogP contribution in [0.2, 0.25) is 0 Å². The monoisotopic (exact) mass is 437 g/mol. The van der Waals surface area contributed by atoms with E-state index in [1.807, 2.05) is 30.3 Å². The van der Waals surface area contributed by atoms with E-state index in [1.54, 1.807) is 0 Å². The van der Waals surface area contributed by atoms with Crippen molar-refractivity contribution in [3.63, 3.8) is 0 Å². The van der Waals surface area contributed by atoms with E-state index in [-0.39, 0.29) is 5.91 Å². The van der Waals surface area contributed by atoms with Gasteiger partial charge in [0.05, 0.1) is 5.25 Å². The Labute approximate surface area is 183 Å². The van der Waals surface area contributed by atoms with Crippen LogP contribution >= 0.6 is 0 Å². The SMILES string of the molecule is O=C1CCC(Cc2ccccc2)S(=O)(=NC(=O)Nc2c3c(cc4c2CCC4)CCC3)N1. The lowest BCUT2D eigenvalue weighted by Gasteiger charge is -2.26. The Kier molecular flexibility index (Phi) is 5.30. The van der Waals surface area contributed by atoms with Crippen molar-refractivity contribution in [2.75, 3.05) is 5.32 Å². The fourth-order valence-electron chi connectivity index (χ4n) is 5.16. The van der Waals surface area contributed by atoms with Gasteiger partial charge in [0, 0.05) is 12.1 Å². The highest BCUT2D eigenvalue weighted by Gasteiger charge is 2.33. The predicted octanol–water partition coefficient (Wildman–Crippen LogP) is 4.10. The number of nitrogens with zero attached hydrogens (tertiary/aromatic N) is 1. The Morgan fingerprint density at radius 2 is 1.71 bits per heavy atom. The molecule has 1 saturated heterocycles. The fraction of sp³-hybridized carbons (Fsp3) is 0.417. The minimum absolute atomic E-state index is 0.297. The van der Waals surface area contributed by atoms with Crippen LogP contribution < -0.4 is 10.0 Å². The van der Waals surface area contributed by atoms with Crippen molar-refractivity contribution in [1.82, 2.24) is 4.72 Å². The number of benzene rings is 2. The second-order valence-electron chi connectivity index (χ2n) is 8.70. The summed E-state index contributed by atoms with van der Waals surface area (Å²) in [6.45, 7) is 0. The van der Waals surface area contributed by atoms with Gasteiger partial charge in [0.25, 0.3) is 0 Å². The van der Waals surface area contributed by atoms with Gasteiger partial charge in [0.2, 0.25) is 5.91 Å². The minimum atomic E-state index is -3.21. The van der Waals surface area contributed by atoms with Gasteiger partial charge in [-0.1, -0.05) is 36.4 Å². The lowest BCUT2D eigenvalue weighted by atomic mass is 9.99. The number of carbonyl (C=O) groups excluding carboxylic acids is 2. The molecule has 31 heavy (non-hydrogen) atoms. The first-order chi connectivity index (χ1) is 15.0. The molecule has 2 aliphatic carbocycles. The molecule has 0 bridgehead atoms. The lowest BCUT2D eigenvalue weighted by Crippen LogP contribution is -2.44. The number of fused-ring (bicyclic) bond motifs is 2. The fourth-order valence-corrected chi connectivity index (χ4v) is 7.10. The molecule has 0 saturated carbocycles. The first kappa shape index (κ1) is 20.2. The van der Waals surface area contributed by atoms with Crippen LogP contribution in [0, 0.1) is 0 Å². The number of rotatable bonds is 3. The molecule has 6 nitrogen and oxygen atoms in total. The van der Waals surface area contributed by atoms with Crippen LogP contribution in [0.3, 0.4) is 0 Å². The van der Waals surface area contributed by atoms with Crippen molar-refractivity contribution in [3.8, 4) is 0 Å². The molecule has 2 aromatic carbocycles. The molecule has 0 aromatic heterocycles. The summed E-state index contributed by atoms with van der Waals surface area (Å²) in [5.41, 5.74) is 6.92. The molecule has 2 unspecified atom stereocenters. The van der Waals surface area contributed by atoms with Crippen LogP contribution in [-0.4, -0.2) is 21.4 Å². The third-order valence-electron chi connectivity index (χ3n) is 6.63. The molecule has 0 radical (unpaired) electrons. The Bertz CT molecular complexity index is 1130. The third-order valence-corrected chi connectivity index (χ3v) is 8.90. The second-order valence-corrected chi connectivity index (χ2v) is 10.9. The Balaban J connectivity index is 1.45. The van der Waals surface area contributed by atoms with Crippen LogP contribution in [0.4, 0.5) is 10.5 Å². The second kappa shape index (κ2) is 8.11. The van der Waals surface area contributed by atoms with E-state index < -0.39 is 21.2 Å². The lowest BCUT2D eigenvalue weighted by molar-refractivity contribution is -0.119. The van der Waals surface area contributed by atoms with Crippen molar-refractivity contribution in [1.29, 1.82) is 0 Å². The summed E-state index contributed by atoms with van der Waals surface area (Å²) < 4.78 is 20.3. The Hall–Kier alpha value is -2.67. The van der Waals surface area contributed by atoms with E-state index in [4.69, 9.17) is 0 Å². The first-order valence-corrected chi connectivity index (χ1v) is 12.7. The highest BCUT2D eigenvalue weighted by atomic mass is 32.2. The van der Waals surface area contributed by atoms with Gasteiger partial charge in [-0.2, -0.15) is 0 Å². The summed E-state index contributed by atoms with van der Waals surface area (Å²) in [5, 5.41) is 2.58. The van der Waals surface area contributed by atoms with Gasteiger partial charge < -0.3 is 5.32 Å². The molecule has 1 aliphatic heterocycles. The summed E-state index contributed by atoms with van der Waals surface area (Å²) in [4.78, 5) is 25.0. The van der Waals surface area contributed by atoms with E-state index in [9.17, 15) is 13.8 Å². The van der Waals surface area contributed by atoms with E-state index >= 15 is 0 Å². The molecular formula is C24H27N3O3S. The quantitative estimate of drug-likeness (QED) is 0.758. The largest absolute Gasteiger partial charge is 0.354 e. The molecule has 162 valence electrons. The van der Waals surface area contributed by atoms with E-state index in [0.717, 1.165) is 49.8 Å². The van der Waals surface area contributed by atoms with Gasteiger partial charge in [0.15, 0.2) is 0 Å². The zero-order valence-electron chi connectivity index (χ0n) is 17.5. The molecule has 0 spiro atoms. The summed E-state index contributed by atoms with van der Waals surface area (Å²) in [5.74, 6) is -0.313. The molecular weight excluding hydrogens is 410 g/mol. The molecule has 5 rings (SSSR count). The summed E-state index contributed by atoms with van der Waals surface area (Å²) in [7, 11) is -3.21. The minimum Gasteiger partial charge on any atom is -0.305 e. The van der Waals surface area contributed by atoms with Gasteiger partial charge in [-0.05, 0) is 79.2 Å². The summed E-state index contributed by atoms with van der Waals surface area (Å²) in [6, 6.07) is 11.4. The van der Waals surface area contributed by atoms with Crippen molar-refractivity contribution in [2.24, 2.45) is 4.36 Å². The number of anilines is 1. The maximum Gasteiger partial charge on any atom is 0.354 e. The predicted molar refractivity (Wildman–Crippen MR) is 121 cm³/mol. The van der Waals surface area contributed by atoms with Crippen molar-refractivity contribution in [2.45, 2.75) is 63.0 Å². The Morgan fingerprint density at radius 3 is 2.39 bits per heavy atom. The van der Waals surface area contributed by atoms with E-state index in [1.165, 1.54) is 22.3 Å². The maximum absolute atomic E-state index is 13.7. The number of carbonyl (C=O) groups is 2. The standard InChI is InChI=1S/C24H27N3O3S/c28-22-13-12-19(14-16-6-2-1-3-7-16)31(30,26-22)27-24(29)25-23-20-10-4-8-17(20)15-18-9-5-11-21(18)23/h1-3,6-7,15,19H,4-5,8-14H2,(H2,25,26,27,28,29,30). The molecule has 3 aliphatic rings. The van der Waals surface area contributed by atoms with Crippen LogP contribution in [-0.2, 0) is 46.8 Å². The van der Waals surface area contributed by atoms with Gasteiger partial charge >= 0.3 is 6.03 Å². The van der Waals surface area contributed by atoms with Crippen molar-refractivity contribution < 1.29 is 13.8 Å². The van der Waals surface area contributed by atoms with Crippen LogP contribution in [0.1, 0.15) is 53.5 Å². The van der Waals surface area contributed by atoms with Crippen molar-refractivity contribution in [3.05, 3.63) is 64.2 Å². The van der Waals surface area contributed by atoms with E-state index in [2.05, 4.69) is 20.5 Å².